The fraction of sp³-hybridized carbons (Fsp3) is 0.471. The van der Waals surface area contributed by atoms with E-state index in [4.69, 9.17) is 9.57 Å². The van der Waals surface area contributed by atoms with Gasteiger partial charge in [0, 0.05) is 18.4 Å². The fourth-order valence-electron chi connectivity index (χ4n) is 2.61. The van der Waals surface area contributed by atoms with Crippen LogP contribution in [0.1, 0.15) is 40.0 Å². The lowest BCUT2D eigenvalue weighted by Gasteiger charge is -2.21. The van der Waals surface area contributed by atoms with Crippen molar-refractivity contribution < 1.29 is 19.2 Å². The van der Waals surface area contributed by atoms with E-state index in [2.05, 4.69) is 11.7 Å². The molecule has 0 spiro atoms. The van der Waals surface area contributed by atoms with Gasteiger partial charge in [0.2, 0.25) is 0 Å². The van der Waals surface area contributed by atoms with Gasteiger partial charge >= 0.3 is 11.9 Å². The Morgan fingerprint density at radius 2 is 2.14 bits per heavy atom. The van der Waals surface area contributed by atoms with E-state index in [-0.39, 0.29) is 18.0 Å². The normalized spacial score (nSPS) is 29.2. The van der Waals surface area contributed by atoms with Gasteiger partial charge in [-0.25, -0.2) is 9.59 Å². The van der Waals surface area contributed by atoms with Crippen molar-refractivity contribution in [3.05, 3.63) is 35.5 Å². The summed E-state index contributed by atoms with van der Waals surface area (Å²) in [6, 6.07) is 0. The molecular formula is C17H21NO4. The molecule has 2 aliphatic rings. The van der Waals surface area contributed by atoms with Crippen LogP contribution in [0.2, 0.25) is 0 Å². The number of fused-ring (bicyclic) bond motifs is 1. The summed E-state index contributed by atoms with van der Waals surface area (Å²) in [7, 11) is 0. The molecule has 0 amide bonds. The second-order valence-electron chi connectivity index (χ2n) is 5.76. The zero-order valence-electron chi connectivity index (χ0n) is 13.2. The number of carbonyl (C=O) groups is 2. The number of allylic oxidation sites excluding steroid dienone is 2. The molecule has 0 unspecified atom stereocenters. The molecule has 0 aromatic rings. The maximum atomic E-state index is 11.9. The summed E-state index contributed by atoms with van der Waals surface area (Å²) in [6.45, 7) is 9.18. The number of hydrogen-bond acceptors (Lipinski definition) is 5. The number of carbonyl (C=O) groups excluding carboxylic acids is 2. The molecule has 118 valence electrons. The number of hydrogen-bond donors (Lipinski definition) is 0. The molecule has 5 nitrogen and oxygen atoms in total. The lowest BCUT2D eigenvalue weighted by atomic mass is 9.88. The van der Waals surface area contributed by atoms with E-state index in [1.807, 2.05) is 26.0 Å². The van der Waals surface area contributed by atoms with Gasteiger partial charge in [-0.15, -0.1) is 0 Å². The van der Waals surface area contributed by atoms with E-state index in [1.54, 1.807) is 0 Å². The second-order valence-corrected chi connectivity index (χ2v) is 5.76. The maximum Gasteiger partial charge on any atom is 0.334 e. The van der Waals surface area contributed by atoms with Crippen LogP contribution in [-0.4, -0.2) is 23.8 Å². The van der Waals surface area contributed by atoms with Gasteiger partial charge in [-0.2, -0.15) is 0 Å². The van der Waals surface area contributed by atoms with Crippen LogP contribution in [0.15, 0.2) is 40.6 Å². The van der Waals surface area contributed by atoms with Crippen LogP contribution < -0.4 is 0 Å². The van der Waals surface area contributed by atoms with Crippen LogP contribution in [0.3, 0.4) is 0 Å². The Morgan fingerprint density at radius 1 is 1.41 bits per heavy atom. The minimum atomic E-state index is -0.461. The van der Waals surface area contributed by atoms with Crippen LogP contribution in [0.5, 0.6) is 0 Å². The maximum absolute atomic E-state index is 11.9. The Kier molecular flexibility index (Phi) is 4.96. The highest BCUT2D eigenvalue weighted by molar-refractivity contribution is 6.01. The third-order valence-corrected chi connectivity index (χ3v) is 3.95. The van der Waals surface area contributed by atoms with Crippen LogP contribution in [0.25, 0.3) is 0 Å². The van der Waals surface area contributed by atoms with Crippen molar-refractivity contribution in [2.75, 3.05) is 0 Å². The molecule has 0 fully saturated rings. The number of nitrogens with zero attached hydrogens (tertiary/aromatic N) is 1. The van der Waals surface area contributed by atoms with Gasteiger partial charge in [-0.05, 0) is 44.8 Å². The SMILES string of the molecule is C=C(C)[C@@H]1C/C=C(C)/C(=N\OC(C)=O)CCC2=C[C@@H]1OC2=O. The van der Waals surface area contributed by atoms with Gasteiger partial charge < -0.3 is 9.57 Å². The Labute approximate surface area is 130 Å². The molecule has 5 heteroatoms. The van der Waals surface area contributed by atoms with E-state index in [1.165, 1.54) is 6.92 Å². The van der Waals surface area contributed by atoms with E-state index >= 15 is 0 Å². The summed E-state index contributed by atoms with van der Waals surface area (Å²) >= 11 is 0. The van der Waals surface area contributed by atoms with E-state index in [9.17, 15) is 9.59 Å². The average molecular weight is 303 g/mol. The van der Waals surface area contributed by atoms with Gasteiger partial charge in [0.05, 0.1) is 5.71 Å². The molecule has 2 bridgehead atoms. The highest BCUT2D eigenvalue weighted by Crippen LogP contribution is 2.31. The van der Waals surface area contributed by atoms with Gasteiger partial charge in [0.15, 0.2) is 0 Å². The van der Waals surface area contributed by atoms with Crippen LogP contribution in [-0.2, 0) is 19.2 Å². The quantitative estimate of drug-likeness (QED) is 0.340. The molecule has 0 radical (unpaired) electrons. The highest BCUT2D eigenvalue weighted by atomic mass is 16.7. The molecule has 0 saturated heterocycles. The largest absolute Gasteiger partial charge is 0.454 e. The zero-order valence-corrected chi connectivity index (χ0v) is 13.2. The first-order chi connectivity index (χ1) is 10.4. The molecule has 0 aromatic carbocycles. The van der Waals surface area contributed by atoms with Crippen molar-refractivity contribution in [1.29, 1.82) is 0 Å². The highest BCUT2D eigenvalue weighted by Gasteiger charge is 2.32. The summed E-state index contributed by atoms with van der Waals surface area (Å²) < 4.78 is 5.45. The predicted molar refractivity (Wildman–Crippen MR) is 83.1 cm³/mol. The third kappa shape index (κ3) is 3.72. The Hall–Kier alpha value is -2.17. The molecule has 0 saturated carbocycles. The molecule has 0 aromatic heterocycles. The summed E-state index contributed by atoms with van der Waals surface area (Å²) in [6.07, 6.45) is 5.43. The van der Waals surface area contributed by atoms with Gasteiger partial charge in [-0.1, -0.05) is 23.4 Å². The standard InChI is InChI=1S/C17H21NO4/c1-10(2)14-7-5-11(3)15(18-22-12(4)19)8-6-13-9-16(14)21-17(13)20/h5,9,14,16H,1,6-8H2,2-4H3/b11-5+,18-15-/t14-,16-/m0/s1. The first-order valence-electron chi connectivity index (χ1n) is 7.37. The lowest BCUT2D eigenvalue weighted by Crippen LogP contribution is -2.21. The number of rotatable bonds is 2. The first-order valence-corrected chi connectivity index (χ1v) is 7.37. The Bertz CT molecular complexity index is 598. The van der Waals surface area contributed by atoms with E-state index in [0.29, 0.717) is 30.5 Å². The average Bonchev–Trinajstić information content (AvgIpc) is 2.78. The fourth-order valence-corrected chi connectivity index (χ4v) is 2.61. The first kappa shape index (κ1) is 16.2. The van der Waals surface area contributed by atoms with Crippen LogP contribution in [0.4, 0.5) is 0 Å². The molecule has 1 aliphatic carbocycles. The van der Waals surface area contributed by atoms with Crippen molar-refractivity contribution >= 4 is 17.7 Å². The molecular weight excluding hydrogens is 282 g/mol. The second kappa shape index (κ2) is 6.73. The molecule has 0 N–H and O–H groups in total. The number of oxime groups is 1. The molecule has 2 atom stereocenters. The molecule has 2 rings (SSSR count). The number of ether oxygens (including phenoxy) is 1. The topological polar surface area (TPSA) is 65.0 Å². The zero-order chi connectivity index (χ0) is 16.3. The van der Waals surface area contributed by atoms with E-state index in [0.717, 1.165) is 11.1 Å². The minimum Gasteiger partial charge on any atom is -0.454 e. The summed E-state index contributed by atoms with van der Waals surface area (Å²) in [5.41, 5.74) is 3.25. The smallest absolute Gasteiger partial charge is 0.334 e. The predicted octanol–water partition coefficient (Wildman–Crippen LogP) is 3.08. The Balaban J connectivity index is 2.31. The molecule has 1 heterocycles. The minimum absolute atomic E-state index is 0.0458. The van der Waals surface area contributed by atoms with Crippen molar-refractivity contribution in [2.45, 2.75) is 46.1 Å². The van der Waals surface area contributed by atoms with Gasteiger partial charge in [0.1, 0.15) is 6.10 Å². The van der Waals surface area contributed by atoms with Crippen molar-refractivity contribution in [1.82, 2.24) is 0 Å². The molecule has 1 aliphatic heterocycles. The molecule has 22 heavy (non-hydrogen) atoms. The van der Waals surface area contributed by atoms with Crippen molar-refractivity contribution in [2.24, 2.45) is 11.1 Å². The van der Waals surface area contributed by atoms with Gasteiger partial charge in [-0.3, -0.25) is 0 Å². The third-order valence-electron chi connectivity index (χ3n) is 3.95. The van der Waals surface area contributed by atoms with Crippen molar-refractivity contribution in [3.8, 4) is 0 Å². The number of esters is 1. The Morgan fingerprint density at radius 3 is 2.77 bits per heavy atom. The summed E-state index contributed by atoms with van der Waals surface area (Å²) in [5, 5.41) is 3.91. The van der Waals surface area contributed by atoms with Crippen LogP contribution >= 0.6 is 0 Å². The monoisotopic (exact) mass is 303 g/mol. The summed E-state index contributed by atoms with van der Waals surface area (Å²) in [4.78, 5) is 27.6. The lowest BCUT2D eigenvalue weighted by molar-refractivity contribution is -0.142. The summed E-state index contributed by atoms with van der Waals surface area (Å²) in [5.74, 6) is -0.691. The van der Waals surface area contributed by atoms with Gasteiger partial charge in [0.25, 0.3) is 0 Å². The van der Waals surface area contributed by atoms with Crippen molar-refractivity contribution in [3.63, 3.8) is 0 Å². The van der Waals surface area contributed by atoms with E-state index < -0.39 is 5.97 Å². The van der Waals surface area contributed by atoms with Crippen LogP contribution in [0, 0.1) is 5.92 Å².